The fourth-order valence-electron chi connectivity index (χ4n) is 0.402. The fourth-order valence-corrected chi connectivity index (χ4v) is 0.402. The molecule has 0 aromatic carbocycles. The number of hydrogen-bond donors (Lipinski definition) is 3. The van der Waals surface area contributed by atoms with E-state index in [9.17, 15) is 9.59 Å². The van der Waals surface area contributed by atoms with E-state index in [2.05, 4.69) is 0 Å². The van der Waals surface area contributed by atoms with E-state index in [1.807, 2.05) is 0 Å². The summed E-state index contributed by atoms with van der Waals surface area (Å²) in [5.74, 6) is -2.20. The van der Waals surface area contributed by atoms with Crippen molar-refractivity contribution in [3.63, 3.8) is 0 Å². The van der Waals surface area contributed by atoms with Crippen molar-refractivity contribution in [2.75, 3.05) is 0 Å². The van der Waals surface area contributed by atoms with E-state index in [-0.39, 0.29) is 66.1 Å². The van der Waals surface area contributed by atoms with Gasteiger partial charge in [-0.2, -0.15) is 0 Å². The molecule has 0 spiro atoms. The molecule has 0 aliphatic carbocycles. The zero-order valence-corrected chi connectivity index (χ0v) is 9.90. The minimum absolute atomic E-state index is 0. The predicted octanol–water partition coefficient (Wildman–Crippen LogP) is -5.02. The van der Waals surface area contributed by atoms with Crippen LogP contribution in [0.4, 0.5) is 0 Å². The van der Waals surface area contributed by atoms with Gasteiger partial charge in [-0.1, -0.05) is 0 Å². The van der Waals surface area contributed by atoms with Crippen LogP contribution in [0.2, 0.25) is 0 Å². The fraction of sp³-hybridized carbons (Fsp3) is 0.600. The van der Waals surface area contributed by atoms with Crippen LogP contribution in [-0.4, -0.2) is 78.6 Å². The number of carbonyl (C=O) groups is 2. The Morgan fingerprint density at radius 3 is 1.56 bits per heavy atom. The Labute approximate surface area is 110 Å². The molecule has 0 saturated heterocycles. The van der Waals surface area contributed by atoms with Crippen LogP contribution < -0.4 is 5.73 Å². The van der Waals surface area contributed by atoms with Crippen LogP contribution in [0.3, 0.4) is 0 Å². The average molecular weight is 264 g/mol. The third-order valence-corrected chi connectivity index (χ3v) is 0.986. The van der Waals surface area contributed by atoms with Gasteiger partial charge in [0, 0.05) is 6.42 Å². The Balaban J connectivity index is -0.0000000145. The number of hydrogen-bond acceptors (Lipinski definition) is 3. The van der Waals surface area contributed by atoms with Gasteiger partial charge in [0.15, 0.2) is 0 Å². The minimum Gasteiger partial charge on any atom is -1.00 e. The zero-order chi connectivity index (χ0) is 8.15. The Kier molecular flexibility index (Phi) is 67.6. The smallest absolute Gasteiger partial charge is 1.00 e. The van der Waals surface area contributed by atoms with Gasteiger partial charge in [-0.25, -0.2) is 0 Å². The van der Waals surface area contributed by atoms with Crippen LogP contribution >= 0.6 is 0 Å². The molecule has 0 fully saturated rings. The summed E-state index contributed by atoms with van der Waals surface area (Å²) in [6, 6.07) is -1.06. The molecule has 0 saturated carbocycles. The standard InChI is InChI=1S/C5H9NO4.Mg.5H2O.2H/c6-3(5(9)10)1-2-4(7)8;;;;;;;;/h3H,1-2,6H2,(H,7,8)(H,9,10);;5*1H2;;/q;+2;;;;;;2*-1/t3-;;;;;;;;/m1......../s1. The van der Waals surface area contributed by atoms with Gasteiger partial charge in [0.1, 0.15) is 6.04 Å². The topological polar surface area (TPSA) is 258 Å². The maximum atomic E-state index is 9.99. The van der Waals surface area contributed by atoms with Gasteiger partial charge in [-0.05, 0) is 6.42 Å². The summed E-state index contributed by atoms with van der Waals surface area (Å²) in [4.78, 5) is 19.9. The normalized spacial score (nSPS) is 7.81. The Morgan fingerprint density at radius 1 is 1.06 bits per heavy atom. The molecule has 0 aromatic heterocycles. The summed E-state index contributed by atoms with van der Waals surface area (Å²) < 4.78 is 0. The molecular weight excluding hydrogens is 242 g/mol. The molecule has 0 radical (unpaired) electrons. The van der Waals surface area contributed by atoms with E-state index in [4.69, 9.17) is 15.9 Å². The average Bonchev–Trinajstić information content (AvgIpc) is 1.82. The monoisotopic (exact) mass is 263 g/mol. The van der Waals surface area contributed by atoms with Gasteiger partial charge in [0.25, 0.3) is 0 Å². The maximum Gasteiger partial charge on any atom is 2.00 e. The molecule has 0 bridgehead atoms. The van der Waals surface area contributed by atoms with Crippen LogP contribution in [0.15, 0.2) is 0 Å². The van der Waals surface area contributed by atoms with Crippen molar-refractivity contribution in [1.29, 1.82) is 0 Å². The Bertz CT molecular complexity index is 164. The summed E-state index contributed by atoms with van der Waals surface area (Å²) >= 11 is 0. The second-order valence-electron chi connectivity index (χ2n) is 1.88. The third-order valence-electron chi connectivity index (χ3n) is 0.986. The predicted molar refractivity (Wildman–Crippen MR) is 58.5 cm³/mol. The molecular formula is C5H21MgNO9. The van der Waals surface area contributed by atoms with Gasteiger partial charge in [-0.15, -0.1) is 0 Å². The number of carboxylic acid groups (broad SMARTS) is 2. The SMILES string of the molecule is N[C@H](CCC(=O)O)C(=O)O.O.O.O.O.O.[H-].[H-].[Mg+2]. The van der Waals surface area contributed by atoms with Gasteiger partial charge >= 0.3 is 35.0 Å². The maximum absolute atomic E-state index is 9.99. The van der Waals surface area contributed by atoms with Gasteiger partial charge in [0.05, 0.1) is 0 Å². The van der Waals surface area contributed by atoms with Gasteiger partial charge < -0.3 is 46.2 Å². The molecule has 0 aromatic rings. The quantitative estimate of drug-likeness (QED) is 0.419. The molecule has 0 amide bonds. The molecule has 16 heavy (non-hydrogen) atoms. The van der Waals surface area contributed by atoms with Crippen molar-refractivity contribution < 1.29 is 50.0 Å². The molecule has 0 aliphatic rings. The number of carboxylic acids is 2. The van der Waals surface area contributed by atoms with E-state index >= 15 is 0 Å². The summed E-state index contributed by atoms with van der Waals surface area (Å²) in [7, 11) is 0. The first kappa shape index (κ1) is 45.2. The summed E-state index contributed by atoms with van der Waals surface area (Å²) in [6.07, 6.45) is -0.224. The van der Waals surface area contributed by atoms with Crippen molar-refractivity contribution in [2.24, 2.45) is 5.73 Å². The molecule has 1 atom stereocenters. The van der Waals surface area contributed by atoms with Crippen molar-refractivity contribution >= 4 is 35.0 Å². The summed E-state index contributed by atoms with van der Waals surface area (Å²) in [5, 5.41) is 16.3. The minimum atomic E-state index is -1.17. The van der Waals surface area contributed by atoms with Gasteiger partial charge in [-0.3, -0.25) is 9.59 Å². The Hall–Kier alpha value is -0.534. The molecule has 11 heteroatoms. The molecule has 10 nitrogen and oxygen atoms in total. The van der Waals surface area contributed by atoms with Gasteiger partial charge in [0.2, 0.25) is 0 Å². The van der Waals surface area contributed by atoms with E-state index < -0.39 is 18.0 Å². The molecule has 0 rings (SSSR count). The first-order chi connectivity index (χ1) is 4.54. The first-order valence-corrected chi connectivity index (χ1v) is 2.74. The van der Waals surface area contributed by atoms with Crippen LogP contribution in [0.5, 0.6) is 0 Å². The summed E-state index contributed by atoms with van der Waals surface area (Å²) in [5.41, 5.74) is 5.00. The molecule has 0 aliphatic heterocycles. The first-order valence-electron chi connectivity index (χ1n) is 2.74. The van der Waals surface area contributed by atoms with Crippen LogP contribution in [-0.2, 0) is 9.59 Å². The third kappa shape index (κ3) is 29.2. The van der Waals surface area contributed by atoms with E-state index in [1.165, 1.54) is 0 Å². The van der Waals surface area contributed by atoms with Crippen LogP contribution in [0, 0.1) is 0 Å². The molecule has 14 N–H and O–H groups in total. The van der Waals surface area contributed by atoms with Crippen molar-refractivity contribution in [3.8, 4) is 0 Å². The number of aliphatic carboxylic acids is 2. The largest absolute Gasteiger partial charge is 2.00 e. The molecule has 102 valence electrons. The zero-order valence-electron chi connectivity index (χ0n) is 10.5. The van der Waals surface area contributed by atoms with E-state index in [0.29, 0.717) is 0 Å². The summed E-state index contributed by atoms with van der Waals surface area (Å²) in [6.45, 7) is 0. The number of nitrogens with two attached hydrogens (primary N) is 1. The van der Waals surface area contributed by atoms with Crippen molar-refractivity contribution in [1.82, 2.24) is 0 Å². The van der Waals surface area contributed by atoms with E-state index in [1.54, 1.807) is 0 Å². The number of rotatable bonds is 4. The second-order valence-corrected chi connectivity index (χ2v) is 1.88. The molecule has 0 unspecified atom stereocenters. The van der Waals surface area contributed by atoms with Crippen molar-refractivity contribution in [3.05, 3.63) is 0 Å². The van der Waals surface area contributed by atoms with Crippen LogP contribution in [0.25, 0.3) is 0 Å². The van der Waals surface area contributed by atoms with Crippen molar-refractivity contribution in [2.45, 2.75) is 18.9 Å². The van der Waals surface area contributed by atoms with E-state index in [0.717, 1.165) is 0 Å². The van der Waals surface area contributed by atoms with Crippen LogP contribution in [0.1, 0.15) is 15.7 Å². The Morgan fingerprint density at radius 2 is 1.38 bits per heavy atom. The molecule has 0 heterocycles. The second kappa shape index (κ2) is 23.9.